The lowest BCUT2D eigenvalue weighted by Crippen LogP contribution is -2.36. The van der Waals surface area contributed by atoms with Crippen molar-refractivity contribution in [1.82, 2.24) is 25.5 Å². The third kappa shape index (κ3) is 5.65. The van der Waals surface area contributed by atoms with Crippen molar-refractivity contribution in [2.45, 2.75) is 12.7 Å². The highest BCUT2D eigenvalue weighted by molar-refractivity contribution is 7.08. The fraction of sp³-hybridized carbons (Fsp3) is 0.364. The van der Waals surface area contributed by atoms with Gasteiger partial charge in [0.25, 0.3) is 5.91 Å². The number of amides is 1. The third-order valence-electron chi connectivity index (χ3n) is 2.35. The van der Waals surface area contributed by atoms with Gasteiger partial charge in [-0.25, -0.2) is 4.79 Å². The molecule has 8 nitrogen and oxygen atoms in total. The lowest BCUT2D eigenvalue weighted by molar-refractivity contribution is -0.152. The van der Waals surface area contributed by atoms with Crippen LogP contribution in [-0.2, 0) is 20.9 Å². The van der Waals surface area contributed by atoms with Gasteiger partial charge in [0, 0.05) is 10.9 Å². The summed E-state index contributed by atoms with van der Waals surface area (Å²) in [4.78, 5) is 23.5. The molecule has 0 aliphatic rings. The summed E-state index contributed by atoms with van der Waals surface area (Å²) in [6.07, 6.45) is -4.53. The second-order valence-electron chi connectivity index (χ2n) is 4.21. The van der Waals surface area contributed by atoms with Crippen molar-refractivity contribution >= 4 is 23.2 Å². The molecule has 0 radical (unpaired) electrons. The Bertz CT molecular complexity index is 671. The Labute approximate surface area is 131 Å². The van der Waals surface area contributed by atoms with Crippen LogP contribution < -0.4 is 5.32 Å². The summed E-state index contributed by atoms with van der Waals surface area (Å²) in [5.74, 6) is -1.61. The summed E-state index contributed by atoms with van der Waals surface area (Å²) < 4.78 is 40.1. The van der Waals surface area contributed by atoms with E-state index in [1.807, 2.05) is 5.38 Å². The summed E-state index contributed by atoms with van der Waals surface area (Å²) >= 11 is 1.44. The molecule has 0 aliphatic carbocycles. The quantitative estimate of drug-likeness (QED) is 0.768. The van der Waals surface area contributed by atoms with Crippen molar-refractivity contribution < 1.29 is 27.5 Å². The van der Waals surface area contributed by atoms with Gasteiger partial charge < -0.3 is 10.1 Å². The highest BCUT2D eigenvalue weighted by Gasteiger charge is 2.27. The second kappa shape index (κ2) is 7.17. The first-order valence-electron chi connectivity index (χ1n) is 6.13. The minimum absolute atomic E-state index is 0.321. The van der Waals surface area contributed by atoms with Crippen molar-refractivity contribution in [3.8, 4) is 11.4 Å². The van der Waals surface area contributed by atoms with Crippen molar-refractivity contribution in [2.24, 2.45) is 0 Å². The van der Waals surface area contributed by atoms with Crippen LogP contribution in [0.25, 0.3) is 11.4 Å². The Hall–Kier alpha value is -2.50. The fourth-order valence-electron chi connectivity index (χ4n) is 1.37. The maximum Gasteiger partial charge on any atom is 0.405 e. The zero-order valence-electron chi connectivity index (χ0n) is 11.4. The van der Waals surface area contributed by atoms with Crippen LogP contribution in [0.5, 0.6) is 0 Å². The summed E-state index contributed by atoms with van der Waals surface area (Å²) in [6.45, 7) is -2.72. The van der Waals surface area contributed by atoms with E-state index in [4.69, 9.17) is 0 Å². The van der Waals surface area contributed by atoms with Crippen LogP contribution in [0.1, 0.15) is 0 Å². The number of hydrogen-bond acceptors (Lipinski definition) is 7. The van der Waals surface area contributed by atoms with E-state index in [2.05, 4.69) is 20.1 Å². The Kier molecular flexibility index (Phi) is 5.26. The molecule has 0 atom stereocenters. The molecule has 0 aromatic carbocycles. The summed E-state index contributed by atoms with van der Waals surface area (Å²) in [5, 5.41) is 16.5. The van der Waals surface area contributed by atoms with Gasteiger partial charge in [-0.15, -0.1) is 10.2 Å². The predicted octanol–water partition coefficient (Wildman–Crippen LogP) is 0.623. The van der Waals surface area contributed by atoms with Crippen LogP contribution in [0, 0.1) is 0 Å². The molecule has 12 heteroatoms. The molecule has 0 bridgehead atoms. The minimum Gasteiger partial charge on any atom is -0.454 e. The maximum atomic E-state index is 11.9. The highest BCUT2D eigenvalue weighted by Crippen LogP contribution is 2.16. The Morgan fingerprint density at radius 1 is 1.39 bits per heavy atom. The number of carbonyl (C=O) groups excluding carboxylic acids is 2. The summed E-state index contributed by atoms with van der Waals surface area (Å²) in [5.41, 5.74) is 0.737. The lowest BCUT2D eigenvalue weighted by atomic mass is 10.3. The SMILES string of the molecule is O=C(COC(=O)Cn1nnc(-c2ccsc2)n1)NCC(F)(F)F. The number of ether oxygens (including phenoxy) is 1. The van der Waals surface area contributed by atoms with Crippen LogP contribution >= 0.6 is 11.3 Å². The van der Waals surface area contributed by atoms with Gasteiger partial charge in [0.1, 0.15) is 6.54 Å². The average Bonchev–Trinajstić information content (AvgIpc) is 3.12. The first-order valence-corrected chi connectivity index (χ1v) is 7.07. The minimum atomic E-state index is -4.53. The topological polar surface area (TPSA) is 99.0 Å². The van der Waals surface area contributed by atoms with Crippen LogP contribution in [0.2, 0.25) is 0 Å². The van der Waals surface area contributed by atoms with Crippen molar-refractivity contribution in [1.29, 1.82) is 0 Å². The van der Waals surface area contributed by atoms with Gasteiger partial charge in [-0.1, -0.05) is 0 Å². The van der Waals surface area contributed by atoms with E-state index in [1.54, 1.807) is 16.8 Å². The first-order chi connectivity index (χ1) is 10.8. The molecule has 2 aromatic rings. The van der Waals surface area contributed by atoms with Gasteiger partial charge >= 0.3 is 12.1 Å². The molecule has 1 N–H and O–H groups in total. The van der Waals surface area contributed by atoms with Crippen LogP contribution in [0.4, 0.5) is 13.2 Å². The predicted molar refractivity (Wildman–Crippen MR) is 71.2 cm³/mol. The van der Waals surface area contributed by atoms with Crippen molar-refractivity contribution in [3.63, 3.8) is 0 Å². The number of thiophene rings is 1. The number of nitrogens with one attached hydrogen (secondary N) is 1. The van der Waals surface area contributed by atoms with Gasteiger partial charge in [0.2, 0.25) is 5.82 Å². The van der Waals surface area contributed by atoms with Gasteiger partial charge in [0.15, 0.2) is 13.2 Å². The number of rotatable bonds is 6. The number of aromatic nitrogens is 4. The van der Waals surface area contributed by atoms with Gasteiger partial charge in [-0.3, -0.25) is 4.79 Å². The average molecular weight is 349 g/mol. The second-order valence-corrected chi connectivity index (χ2v) is 4.99. The van der Waals surface area contributed by atoms with E-state index in [9.17, 15) is 22.8 Å². The smallest absolute Gasteiger partial charge is 0.405 e. The Morgan fingerprint density at radius 3 is 2.83 bits per heavy atom. The molecule has 0 spiro atoms. The summed E-state index contributed by atoms with van der Waals surface area (Å²) in [7, 11) is 0. The third-order valence-corrected chi connectivity index (χ3v) is 3.04. The first kappa shape index (κ1) is 16.9. The van der Waals surface area contributed by atoms with E-state index in [0.717, 1.165) is 10.4 Å². The molecule has 0 aliphatic heterocycles. The van der Waals surface area contributed by atoms with E-state index < -0.39 is 37.7 Å². The number of tetrazole rings is 1. The maximum absolute atomic E-state index is 11.9. The molecule has 2 heterocycles. The Balaban J connectivity index is 1.76. The number of nitrogens with zero attached hydrogens (tertiary/aromatic N) is 4. The number of esters is 1. The molecule has 0 fully saturated rings. The van der Waals surface area contributed by atoms with Crippen molar-refractivity contribution in [3.05, 3.63) is 16.8 Å². The van der Waals surface area contributed by atoms with Crippen molar-refractivity contribution in [2.75, 3.05) is 13.2 Å². The Morgan fingerprint density at radius 2 is 2.17 bits per heavy atom. The highest BCUT2D eigenvalue weighted by atomic mass is 32.1. The number of alkyl halides is 3. The van der Waals surface area contributed by atoms with Gasteiger partial charge in [-0.05, 0) is 16.7 Å². The fourth-order valence-corrected chi connectivity index (χ4v) is 2.01. The molecule has 0 unspecified atom stereocenters. The molecule has 23 heavy (non-hydrogen) atoms. The molecular formula is C11H10F3N5O3S. The monoisotopic (exact) mass is 349 g/mol. The van der Waals surface area contributed by atoms with E-state index in [-0.39, 0.29) is 0 Å². The zero-order valence-corrected chi connectivity index (χ0v) is 12.2. The molecule has 2 aromatic heterocycles. The van der Waals surface area contributed by atoms with Crippen LogP contribution in [0.3, 0.4) is 0 Å². The molecule has 0 saturated heterocycles. The van der Waals surface area contributed by atoms with Gasteiger partial charge in [0.05, 0.1) is 0 Å². The standard InChI is InChI=1S/C11H10F3N5O3S/c12-11(13,14)6-15-8(20)4-22-9(21)3-19-17-10(16-18-19)7-1-2-23-5-7/h1-2,5H,3-4,6H2,(H,15,20). The molecule has 2 rings (SSSR count). The number of carbonyl (C=O) groups is 2. The number of halogens is 3. The van der Waals surface area contributed by atoms with E-state index in [1.165, 1.54) is 11.3 Å². The van der Waals surface area contributed by atoms with E-state index in [0.29, 0.717) is 5.82 Å². The van der Waals surface area contributed by atoms with Gasteiger partial charge in [-0.2, -0.15) is 29.3 Å². The summed E-state index contributed by atoms with van der Waals surface area (Å²) in [6, 6.07) is 1.77. The zero-order chi connectivity index (χ0) is 16.9. The van der Waals surface area contributed by atoms with E-state index >= 15 is 0 Å². The number of hydrogen-bond donors (Lipinski definition) is 1. The molecule has 124 valence electrons. The largest absolute Gasteiger partial charge is 0.454 e. The molecular weight excluding hydrogens is 339 g/mol. The lowest BCUT2D eigenvalue weighted by Gasteiger charge is -2.08. The normalized spacial score (nSPS) is 11.3. The molecule has 0 saturated carbocycles. The van der Waals surface area contributed by atoms with Crippen LogP contribution in [0.15, 0.2) is 16.8 Å². The molecule has 1 amide bonds. The van der Waals surface area contributed by atoms with Crippen LogP contribution in [-0.4, -0.2) is 51.4 Å².